The van der Waals surface area contributed by atoms with Crippen molar-refractivity contribution < 1.29 is 23.7 Å². The lowest BCUT2D eigenvalue weighted by molar-refractivity contribution is 0.0176. The molecule has 2 spiro atoms. The Morgan fingerprint density at radius 1 is 0.509 bits per heavy atom. The number of anilines is 2. The average molecular weight is 763 g/mol. The van der Waals surface area contributed by atoms with Crippen LogP contribution in [0.25, 0.3) is 0 Å². The predicted molar refractivity (Wildman–Crippen MR) is 226 cm³/mol. The third kappa shape index (κ3) is 6.00. The Labute approximate surface area is 337 Å². The molecule has 5 aromatic carbocycles. The quantitative estimate of drug-likeness (QED) is 0.104. The summed E-state index contributed by atoms with van der Waals surface area (Å²) in [6.45, 7) is 13.3. The van der Waals surface area contributed by atoms with Crippen LogP contribution in [0, 0.1) is 0 Å². The molecule has 294 valence electrons. The normalized spacial score (nSPS) is 19.1. The maximum absolute atomic E-state index is 13.9. The van der Waals surface area contributed by atoms with Gasteiger partial charge in [0.15, 0.2) is 11.2 Å². The molecule has 0 saturated heterocycles. The molecule has 0 saturated carbocycles. The molecule has 0 aromatic heterocycles. The Hall–Kier alpha value is -5.27. The summed E-state index contributed by atoms with van der Waals surface area (Å²) < 4.78 is 27.9. The van der Waals surface area contributed by atoms with Crippen molar-refractivity contribution >= 4 is 17.3 Å². The molecule has 7 nitrogen and oxygen atoms in total. The first kappa shape index (κ1) is 37.3. The van der Waals surface area contributed by atoms with E-state index >= 15 is 0 Å². The number of fused-ring (bicyclic) bond motifs is 12. The Bertz CT molecular complexity index is 2300. The van der Waals surface area contributed by atoms with Gasteiger partial charge in [-0.05, 0) is 79.3 Å². The van der Waals surface area contributed by atoms with Crippen molar-refractivity contribution in [2.45, 2.75) is 96.9 Å². The lowest BCUT2D eigenvalue weighted by Crippen LogP contribution is -2.36. The van der Waals surface area contributed by atoms with Crippen molar-refractivity contribution in [3.8, 4) is 23.0 Å². The van der Waals surface area contributed by atoms with Gasteiger partial charge in [0.05, 0.1) is 17.7 Å². The van der Waals surface area contributed by atoms with Gasteiger partial charge in [-0.3, -0.25) is 0 Å². The summed E-state index contributed by atoms with van der Waals surface area (Å²) in [4.78, 5) is 18.8. The van der Waals surface area contributed by atoms with Crippen LogP contribution in [0.3, 0.4) is 0 Å². The molecule has 5 aromatic rings. The summed E-state index contributed by atoms with van der Waals surface area (Å²) in [5.41, 5.74) is 7.11. The number of nitrogens with zero attached hydrogens (tertiary/aromatic N) is 2. The van der Waals surface area contributed by atoms with Crippen LogP contribution in [0.4, 0.5) is 11.4 Å². The average Bonchev–Trinajstić information content (AvgIpc) is 3.76. The van der Waals surface area contributed by atoms with E-state index in [0.29, 0.717) is 29.4 Å². The SMILES string of the molecule is CCCCN(CCCC)c1ccc2c(c1)Oc1cc3c(cc1C21OCc2ccccc21)Oc1cc(N(CCCC)CCCC)ccc1C31OC(=O)c2ccccc21. The molecule has 57 heavy (non-hydrogen) atoms. The zero-order valence-electron chi connectivity index (χ0n) is 33.9. The highest BCUT2D eigenvalue weighted by Gasteiger charge is 2.56. The van der Waals surface area contributed by atoms with E-state index in [4.69, 9.17) is 18.9 Å². The van der Waals surface area contributed by atoms with Crippen molar-refractivity contribution in [1.82, 2.24) is 0 Å². The molecule has 0 bridgehead atoms. The number of hydrogen-bond acceptors (Lipinski definition) is 7. The zero-order chi connectivity index (χ0) is 39.1. The van der Waals surface area contributed by atoms with Gasteiger partial charge in [-0.15, -0.1) is 0 Å². The molecule has 0 amide bonds. The van der Waals surface area contributed by atoms with Crippen LogP contribution in [0.1, 0.15) is 128 Å². The summed E-state index contributed by atoms with van der Waals surface area (Å²) >= 11 is 0. The van der Waals surface area contributed by atoms with Crippen molar-refractivity contribution in [3.63, 3.8) is 0 Å². The van der Waals surface area contributed by atoms with E-state index in [-0.39, 0.29) is 5.97 Å². The second-order valence-corrected chi connectivity index (χ2v) is 16.0. The van der Waals surface area contributed by atoms with E-state index < -0.39 is 11.2 Å². The number of benzene rings is 5. The fraction of sp³-hybridized carbons (Fsp3) is 0.380. The van der Waals surface area contributed by atoms with E-state index in [2.05, 4.69) is 110 Å². The Morgan fingerprint density at radius 3 is 1.54 bits per heavy atom. The highest BCUT2D eigenvalue weighted by atomic mass is 16.6. The summed E-state index contributed by atoms with van der Waals surface area (Å²) in [7, 11) is 0. The molecule has 0 radical (unpaired) electrons. The Kier molecular flexibility index (Phi) is 9.98. The highest BCUT2D eigenvalue weighted by Crippen LogP contribution is 2.62. The van der Waals surface area contributed by atoms with Crippen LogP contribution in [-0.4, -0.2) is 32.1 Å². The topological polar surface area (TPSA) is 60.5 Å². The minimum absolute atomic E-state index is 0.349. The highest BCUT2D eigenvalue weighted by molar-refractivity contribution is 5.97. The maximum atomic E-state index is 13.9. The van der Waals surface area contributed by atoms with Crippen molar-refractivity contribution in [1.29, 1.82) is 0 Å². The summed E-state index contributed by atoms with van der Waals surface area (Å²) in [6, 6.07) is 33.5. The largest absolute Gasteiger partial charge is 0.456 e. The van der Waals surface area contributed by atoms with Crippen LogP contribution >= 0.6 is 0 Å². The second-order valence-electron chi connectivity index (χ2n) is 16.0. The summed E-state index contributed by atoms with van der Waals surface area (Å²) in [6.07, 6.45) is 8.96. The molecule has 4 aliphatic rings. The molecule has 0 aliphatic carbocycles. The van der Waals surface area contributed by atoms with Gasteiger partial charge in [0.25, 0.3) is 0 Å². The fourth-order valence-electron chi connectivity index (χ4n) is 9.42. The van der Waals surface area contributed by atoms with Gasteiger partial charge in [-0.25, -0.2) is 4.79 Å². The number of ether oxygens (including phenoxy) is 4. The molecular weight excluding hydrogens is 709 g/mol. The van der Waals surface area contributed by atoms with Gasteiger partial charge in [0, 0.05) is 71.9 Å². The number of unbranched alkanes of at least 4 members (excludes halogenated alkanes) is 4. The maximum Gasteiger partial charge on any atom is 0.340 e. The molecule has 2 atom stereocenters. The number of hydrogen-bond donors (Lipinski definition) is 0. The van der Waals surface area contributed by atoms with Gasteiger partial charge < -0.3 is 28.7 Å². The standard InChI is InChI=1S/C50H54N2O5/c1-5-9-25-51(26-10-6-2)35-21-23-40-44(29-35)55-46-32-43-47(31-42(46)49(40)38-19-15-13-17-34(38)33-54-49)56-45-30-36(52(27-11-7-3)28-12-8-4)22-24-41(45)50(43)39-20-16-14-18-37(39)48(53)57-50/h13-24,29-32H,5-12,25-28,33H2,1-4H3. The molecule has 0 fully saturated rings. The van der Waals surface area contributed by atoms with Crippen LogP contribution in [0.2, 0.25) is 0 Å². The van der Waals surface area contributed by atoms with Crippen molar-refractivity contribution in [2.24, 2.45) is 0 Å². The number of carbonyl (C=O) groups excluding carboxylic acids is 1. The van der Waals surface area contributed by atoms with Gasteiger partial charge >= 0.3 is 5.97 Å². The third-order valence-electron chi connectivity index (χ3n) is 12.4. The molecule has 7 heteroatoms. The minimum Gasteiger partial charge on any atom is -0.456 e. The number of carbonyl (C=O) groups is 1. The summed E-state index contributed by atoms with van der Waals surface area (Å²) in [5.74, 6) is 2.40. The Balaban J connectivity index is 1.24. The molecule has 0 N–H and O–H groups in total. The van der Waals surface area contributed by atoms with Gasteiger partial charge in [-0.1, -0.05) is 95.8 Å². The molecule has 9 rings (SSSR count). The van der Waals surface area contributed by atoms with Crippen LogP contribution in [-0.2, 0) is 27.3 Å². The third-order valence-corrected chi connectivity index (χ3v) is 12.4. The number of rotatable bonds is 14. The lowest BCUT2D eigenvalue weighted by Gasteiger charge is -2.41. The van der Waals surface area contributed by atoms with E-state index in [1.165, 1.54) is 0 Å². The van der Waals surface area contributed by atoms with Crippen molar-refractivity contribution in [3.05, 3.63) is 142 Å². The zero-order valence-corrected chi connectivity index (χ0v) is 33.9. The molecule has 2 unspecified atom stereocenters. The Morgan fingerprint density at radius 2 is 0.982 bits per heavy atom. The van der Waals surface area contributed by atoms with Gasteiger partial charge in [0.2, 0.25) is 0 Å². The van der Waals surface area contributed by atoms with Crippen molar-refractivity contribution in [2.75, 3.05) is 36.0 Å². The second kappa shape index (κ2) is 15.2. The predicted octanol–water partition coefficient (Wildman–Crippen LogP) is 12.0. The minimum atomic E-state index is -1.23. The first-order chi connectivity index (χ1) is 28.0. The van der Waals surface area contributed by atoms with Crippen LogP contribution < -0.4 is 19.3 Å². The molecular formula is C50H54N2O5. The molecule has 4 heterocycles. The van der Waals surface area contributed by atoms with E-state index in [1.54, 1.807) is 0 Å². The van der Waals surface area contributed by atoms with Crippen LogP contribution in [0.15, 0.2) is 97.1 Å². The summed E-state index contributed by atoms with van der Waals surface area (Å²) in [5, 5.41) is 0. The van der Waals surface area contributed by atoms with E-state index in [0.717, 1.165) is 134 Å². The van der Waals surface area contributed by atoms with E-state index in [9.17, 15) is 4.79 Å². The monoisotopic (exact) mass is 762 g/mol. The van der Waals surface area contributed by atoms with Gasteiger partial charge in [-0.2, -0.15) is 0 Å². The molecule has 4 aliphatic heterocycles. The van der Waals surface area contributed by atoms with E-state index in [1.807, 2.05) is 24.3 Å². The smallest absolute Gasteiger partial charge is 0.340 e. The number of esters is 1. The van der Waals surface area contributed by atoms with Crippen LogP contribution in [0.5, 0.6) is 23.0 Å². The first-order valence-corrected chi connectivity index (χ1v) is 21.4. The lowest BCUT2D eigenvalue weighted by atomic mass is 9.74. The van der Waals surface area contributed by atoms with Gasteiger partial charge in [0.1, 0.15) is 23.0 Å². The fourth-order valence-corrected chi connectivity index (χ4v) is 9.42. The first-order valence-electron chi connectivity index (χ1n) is 21.4.